The summed E-state index contributed by atoms with van der Waals surface area (Å²) in [5.41, 5.74) is 0.676. The molecule has 0 spiro atoms. The molecule has 1 aliphatic carbocycles. The van der Waals surface area contributed by atoms with Crippen molar-refractivity contribution in [1.82, 2.24) is 0 Å². The maximum Gasteiger partial charge on any atom is 0.269 e. The number of nitro groups is 1. The second-order valence-electron chi connectivity index (χ2n) is 6.86. The summed E-state index contributed by atoms with van der Waals surface area (Å²) in [5.74, 6) is -0.443. The van der Waals surface area contributed by atoms with E-state index in [1.165, 1.54) is 28.8 Å². The molecule has 0 aromatic heterocycles. The van der Waals surface area contributed by atoms with E-state index in [4.69, 9.17) is 0 Å². The number of nitro benzene ring substituents is 1. The molecule has 27 heavy (non-hydrogen) atoms. The minimum Gasteiger partial charge on any atom is -0.274 e. The highest BCUT2D eigenvalue weighted by Crippen LogP contribution is 2.40. The van der Waals surface area contributed by atoms with Crippen molar-refractivity contribution < 1.29 is 14.5 Å². The quantitative estimate of drug-likeness (QED) is 0.444. The van der Waals surface area contributed by atoms with E-state index in [1.807, 2.05) is 12.1 Å². The maximum atomic E-state index is 12.7. The Morgan fingerprint density at radius 3 is 1.81 bits per heavy atom. The summed E-state index contributed by atoms with van der Waals surface area (Å²) in [6.07, 6.45) is 3.64. The van der Waals surface area contributed by atoms with Crippen LogP contribution in [0.3, 0.4) is 0 Å². The van der Waals surface area contributed by atoms with Gasteiger partial charge >= 0.3 is 0 Å². The van der Waals surface area contributed by atoms with Gasteiger partial charge in [-0.2, -0.15) is 0 Å². The van der Waals surface area contributed by atoms with Crippen molar-refractivity contribution in [1.29, 1.82) is 0 Å². The lowest BCUT2D eigenvalue weighted by Gasteiger charge is -2.19. The van der Waals surface area contributed by atoms with Gasteiger partial charge in [0.15, 0.2) is 0 Å². The summed E-state index contributed by atoms with van der Waals surface area (Å²) in [4.78, 5) is 38.8. The van der Waals surface area contributed by atoms with Crippen molar-refractivity contribution in [2.45, 2.75) is 35.5 Å². The zero-order chi connectivity index (χ0) is 19.0. The Hall–Kier alpha value is -2.67. The van der Waals surface area contributed by atoms with Crippen molar-refractivity contribution in [3.8, 4) is 0 Å². The third-order valence-electron chi connectivity index (χ3n) is 5.22. The van der Waals surface area contributed by atoms with Gasteiger partial charge in [0.2, 0.25) is 11.8 Å². The summed E-state index contributed by atoms with van der Waals surface area (Å²) in [6, 6.07) is 13.7. The summed E-state index contributed by atoms with van der Waals surface area (Å²) < 4.78 is 0. The number of fused-ring (bicyclic) bond motifs is 1. The number of rotatable bonds is 4. The molecule has 2 fully saturated rings. The standard InChI is InChI=1S/C20H18N2O4S/c23-19-17-3-1-2-4-18(17)20(24)21(19)13-5-9-15(10-6-13)27-16-11-7-14(8-12-16)22(25)26/h5-12,17-18H,1-4H2/t17-,18+. The Morgan fingerprint density at radius 2 is 1.33 bits per heavy atom. The minimum atomic E-state index is -0.426. The van der Waals surface area contributed by atoms with E-state index in [0.717, 1.165) is 35.5 Å². The number of anilines is 1. The third-order valence-corrected chi connectivity index (χ3v) is 6.24. The number of hydrogen-bond donors (Lipinski definition) is 0. The molecule has 7 heteroatoms. The number of amides is 2. The molecule has 2 amide bonds. The van der Waals surface area contributed by atoms with Gasteiger partial charge in [-0.05, 0) is 49.2 Å². The van der Waals surface area contributed by atoms with Crippen molar-refractivity contribution in [2.24, 2.45) is 11.8 Å². The monoisotopic (exact) mass is 382 g/mol. The minimum absolute atomic E-state index is 0.0576. The molecule has 2 atom stereocenters. The maximum absolute atomic E-state index is 12.7. The summed E-state index contributed by atoms with van der Waals surface area (Å²) >= 11 is 1.47. The molecule has 1 heterocycles. The topological polar surface area (TPSA) is 80.5 Å². The summed E-state index contributed by atoms with van der Waals surface area (Å²) in [6.45, 7) is 0. The second kappa shape index (κ2) is 7.15. The van der Waals surface area contributed by atoms with Gasteiger partial charge < -0.3 is 0 Å². The van der Waals surface area contributed by atoms with Crippen LogP contribution in [-0.4, -0.2) is 16.7 Å². The highest BCUT2D eigenvalue weighted by molar-refractivity contribution is 7.99. The number of nitrogens with zero attached hydrogens (tertiary/aromatic N) is 2. The average molecular weight is 382 g/mol. The molecule has 2 aromatic rings. The van der Waals surface area contributed by atoms with E-state index in [9.17, 15) is 19.7 Å². The van der Waals surface area contributed by atoms with E-state index < -0.39 is 4.92 Å². The van der Waals surface area contributed by atoms with Gasteiger partial charge in [-0.1, -0.05) is 24.6 Å². The van der Waals surface area contributed by atoms with Crippen LogP contribution in [-0.2, 0) is 9.59 Å². The molecule has 0 bridgehead atoms. The highest BCUT2D eigenvalue weighted by atomic mass is 32.2. The Labute approximate surface area is 160 Å². The van der Waals surface area contributed by atoms with Crippen molar-refractivity contribution in [2.75, 3.05) is 4.90 Å². The molecule has 0 radical (unpaired) electrons. The second-order valence-corrected chi connectivity index (χ2v) is 8.00. The average Bonchev–Trinajstić information content (AvgIpc) is 2.94. The van der Waals surface area contributed by atoms with Crippen LogP contribution in [0.2, 0.25) is 0 Å². The Kier molecular flexibility index (Phi) is 4.70. The van der Waals surface area contributed by atoms with Gasteiger partial charge in [0.1, 0.15) is 0 Å². The van der Waals surface area contributed by atoms with Crippen LogP contribution in [0.4, 0.5) is 11.4 Å². The summed E-state index contributed by atoms with van der Waals surface area (Å²) in [5, 5.41) is 10.7. The number of imide groups is 1. The predicted molar refractivity (Wildman–Crippen MR) is 102 cm³/mol. The van der Waals surface area contributed by atoms with E-state index in [2.05, 4.69) is 0 Å². The van der Waals surface area contributed by atoms with Crippen LogP contribution in [0.1, 0.15) is 25.7 Å². The Morgan fingerprint density at radius 1 is 0.852 bits per heavy atom. The molecule has 1 aliphatic heterocycles. The number of hydrogen-bond acceptors (Lipinski definition) is 5. The Balaban J connectivity index is 1.49. The normalized spacial score (nSPS) is 22.0. The molecular weight excluding hydrogens is 364 g/mol. The molecule has 1 saturated heterocycles. The zero-order valence-electron chi connectivity index (χ0n) is 14.5. The molecule has 6 nitrogen and oxygen atoms in total. The van der Waals surface area contributed by atoms with Gasteiger partial charge in [-0.25, -0.2) is 0 Å². The number of carbonyl (C=O) groups excluding carboxylic acids is 2. The third kappa shape index (κ3) is 3.35. The van der Waals surface area contributed by atoms with Gasteiger partial charge in [0.05, 0.1) is 22.4 Å². The fourth-order valence-corrected chi connectivity index (χ4v) is 4.67. The highest BCUT2D eigenvalue weighted by Gasteiger charge is 2.48. The fourth-order valence-electron chi connectivity index (χ4n) is 3.85. The smallest absolute Gasteiger partial charge is 0.269 e. The first-order chi connectivity index (χ1) is 13.0. The molecule has 2 aromatic carbocycles. The molecule has 138 valence electrons. The van der Waals surface area contributed by atoms with Crippen LogP contribution < -0.4 is 4.90 Å². The molecule has 4 rings (SSSR count). The lowest BCUT2D eigenvalue weighted by molar-refractivity contribution is -0.384. The van der Waals surface area contributed by atoms with Crippen molar-refractivity contribution >= 4 is 35.0 Å². The van der Waals surface area contributed by atoms with E-state index in [0.29, 0.717) is 5.69 Å². The zero-order valence-corrected chi connectivity index (χ0v) is 15.4. The van der Waals surface area contributed by atoms with Crippen LogP contribution in [0.25, 0.3) is 0 Å². The molecular formula is C20H18N2O4S. The number of benzene rings is 2. The van der Waals surface area contributed by atoms with Crippen LogP contribution in [0, 0.1) is 22.0 Å². The lowest BCUT2D eigenvalue weighted by atomic mass is 9.81. The Bertz CT molecular complexity index is 871. The summed E-state index contributed by atoms with van der Waals surface area (Å²) in [7, 11) is 0. The van der Waals surface area contributed by atoms with E-state index in [-0.39, 0.29) is 29.3 Å². The van der Waals surface area contributed by atoms with Crippen molar-refractivity contribution in [3.05, 3.63) is 58.6 Å². The van der Waals surface area contributed by atoms with Crippen LogP contribution >= 0.6 is 11.8 Å². The first-order valence-corrected chi connectivity index (χ1v) is 9.76. The lowest BCUT2D eigenvalue weighted by Crippen LogP contribution is -2.30. The fraction of sp³-hybridized carbons (Fsp3) is 0.300. The van der Waals surface area contributed by atoms with Gasteiger partial charge in [-0.3, -0.25) is 24.6 Å². The van der Waals surface area contributed by atoms with Gasteiger partial charge in [0, 0.05) is 21.9 Å². The first kappa shape index (κ1) is 17.7. The van der Waals surface area contributed by atoms with Gasteiger partial charge in [0.25, 0.3) is 5.69 Å². The van der Waals surface area contributed by atoms with Crippen molar-refractivity contribution in [3.63, 3.8) is 0 Å². The van der Waals surface area contributed by atoms with Crippen LogP contribution in [0.5, 0.6) is 0 Å². The predicted octanol–water partition coefficient (Wildman–Crippen LogP) is 4.43. The van der Waals surface area contributed by atoms with Crippen LogP contribution in [0.15, 0.2) is 58.3 Å². The van der Waals surface area contributed by atoms with E-state index >= 15 is 0 Å². The molecule has 1 saturated carbocycles. The first-order valence-electron chi connectivity index (χ1n) is 8.95. The molecule has 0 unspecified atom stereocenters. The largest absolute Gasteiger partial charge is 0.274 e. The van der Waals surface area contributed by atoms with E-state index in [1.54, 1.807) is 24.3 Å². The number of non-ortho nitro benzene ring substituents is 1. The molecule has 0 N–H and O–H groups in total. The molecule has 2 aliphatic rings. The SMILES string of the molecule is O=C1[C@H]2CCCC[C@H]2C(=O)N1c1ccc(Sc2ccc([N+](=O)[O-])cc2)cc1. The number of carbonyl (C=O) groups is 2. The van der Waals surface area contributed by atoms with Gasteiger partial charge in [-0.15, -0.1) is 0 Å².